The van der Waals surface area contributed by atoms with Crippen molar-refractivity contribution in [2.24, 2.45) is 0 Å². The van der Waals surface area contributed by atoms with Crippen LogP contribution in [0.3, 0.4) is 0 Å². The van der Waals surface area contributed by atoms with Crippen LogP contribution in [-0.4, -0.2) is 18.4 Å². The molecule has 2 aromatic heterocycles. The minimum atomic E-state index is -4.03. The van der Waals surface area contributed by atoms with E-state index >= 15 is 0 Å². The van der Waals surface area contributed by atoms with Crippen molar-refractivity contribution in [1.29, 1.82) is 0 Å². The van der Waals surface area contributed by atoms with Gasteiger partial charge in [-0.15, -0.1) is 0 Å². The Hall–Kier alpha value is -3.06. The third kappa shape index (κ3) is 3.07. The van der Waals surface area contributed by atoms with Crippen LogP contribution in [0.15, 0.2) is 71.9 Å². The van der Waals surface area contributed by atoms with E-state index in [1.54, 1.807) is 30.5 Å². The Balaban J connectivity index is 2.00. The van der Waals surface area contributed by atoms with E-state index in [0.717, 1.165) is 11.6 Å². The van der Waals surface area contributed by atoms with Gasteiger partial charge in [-0.3, -0.25) is 0 Å². The van der Waals surface area contributed by atoms with Gasteiger partial charge in [0, 0.05) is 35.0 Å². The molecule has 0 saturated heterocycles. The summed E-state index contributed by atoms with van der Waals surface area (Å²) in [5, 5.41) is -0.791. The highest BCUT2D eigenvalue weighted by Crippen LogP contribution is 2.39. The highest BCUT2D eigenvalue weighted by molar-refractivity contribution is 7.92. The van der Waals surface area contributed by atoms with Crippen LogP contribution in [0.4, 0.5) is 8.78 Å². The summed E-state index contributed by atoms with van der Waals surface area (Å²) in [5.74, 6) is -1.69. The monoisotopic (exact) mass is 398 g/mol. The number of aromatic nitrogens is 2. The number of rotatable bonds is 4. The van der Waals surface area contributed by atoms with Gasteiger partial charge in [0.15, 0.2) is 9.84 Å². The van der Waals surface area contributed by atoms with Gasteiger partial charge in [-0.05, 0) is 37.3 Å². The molecule has 0 bridgehead atoms. The first-order valence-electron chi connectivity index (χ1n) is 8.55. The van der Waals surface area contributed by atoms with Crippen molar-refractivity contribution in [3.05, 3.63) is 95.3 Å². The standard InChI is InChI=1S/C21H16F2N2O2S/c1-13-4-7-15(8-5-13)28(26,27)20(17-9-6-14(22)11-19(17)23)18-12-25-21-16(18)3-2-10-24-21/h2-12,20H,1H3,(H,24,25). The number of aryl methyl sites for hydroxylation is 1. The van der Waals surface area contributed by atoms with E-state index in [1.165, 1.54) is 24.4 Å². The molecule has 4 rings (SSSR count). The fourth-order valence-electron chi connectivity index (χ4n) is 3.27. The van der Waals surface area contributed by atoms with E-state index in [9.17, 15) is 17.2 Å². The second-order valence-electron chi connectivity index (χ2n) is 6.55. The van der Waals surface area contributed by atoms with E-state index in [2.05, 4.69) is 9.97 Å². The molecule has 0 aliphatic heterocycles. The third-order valence-corrected chi connectivity index (χ3v) is 6.73. The topological polar surface area (TPSA) is 62.8 Å². The molecule has 0 amide bonds. The molecule has 0 radical (unpaired) electrons. The van der Waals surface area contributed by atoms with Gasteiger partial charge in [0.05, 0.1) is 4.90 Å². The highest BCUT2D eigenvalue weighted by atomic mass is 32.2. The molecule has 1 N–H and O–H groups in total. The van der Waals surface area contributed by atoms with E-state index in [4.69, 9.17) is 0 Å². The van der Waals surface area contributed by atoms with Gasteiger partial charge in [-0.1, -0.05) is 23.8 Å². The Bertz CT molecular complexity index is 1270. The average molecular weight is 398 g/mol. The van der Waals surface area contributed by atoms with Gasteiger partial charge in [0.1, 0.15) is 22.5 Å². The van der Waals surface area contributed by atoms with Gasteiger partial charge in [0.2, 0.25) is 0 Å². The Morgan fingerprint density at radius 3 is 2.46 bits per heavy atom. The first-order chi connectivity index (χ1) is 13.4. The number of aromatic amines is 1. The lowest BCUT2D eigenvalue weighted by atomic mass is 10.0. The molecular weight excluding hydrogens is 382 g/mol. The van der Waals surface area contributed by atoms with Crippen LogP contribution >= 0.6 is 0 Å². The van der Waals surface area contributed by atoms with Crippen molar-refractivity contribution in [2.75, 3.05) is 0 Å². The highest BCUT2D eigenvalue weighted by Gasteiger charge is 2.34. The molecule has 2 aromatic carbocycles. The second-order valence-corrected chi connectivity index (χ2v) is 8.58. The summed E-state index contributed by atoms with van der Waals surface area (Å²) < 4.78 is 55.2. The summed E-state index contributed by atoms with van der Waals surface area (Å²) in [6.07, 6.45) is 3.08. The maximum atomic E-state index is 14.7. The molecule has 0 spiro atoms. The summed E-state index contributed by atoms with van der Waals surface area (Å²) in [5.41, 5.74) is 1.63. The molecule has 2 heterocycles. The van der Waals surface area contributed by atoms with Crippen LogP contribution < -0.4 is 0 Å². The molecule has 0 aliphatic carbocycles. The fourth-order valence-corrected chi connectivity index (χ4v) is 5.12. The summed E-state index contributed by atoms with van der Waals surface area (Å²) in [6, 6.07) is 12.7. The molecule has 0 fully saturated rings. The third-order valence-electron chi connectivity index (χ3n) is 4.67. The molecule has 28 heavy (non-hydrogen) atoms. The quantitative estimate of drug-likeness (QED) is 0.541. The number of hydrogen-bond donors (Lipinski definition) is 1. The molecule has 1 unspecified atom stereocenters. The number of fused-ring (bicyclic) bond motifs is 1. The lowest BCUT2D eigenvalue weighted by molar-refractivity contribution is 0.563. The van der Waals surface area contributed by atoms with Crippen LogP contribution in [0, 0.1) is 18.6 Å². The number of benzene rings is 2. The largest absolute Gasteiger partial charge is 0.346 e. The molecule has 142 valence electrons. The SMILES string of the molecule is Cc1ccc(S(=O)(=O)C(c2ccc(F)cc2F)c2c[nH]c3ncccc23)cc1. The second kappa shape index (κ2) is 6.83. The maximum Gasteiger partial charge on any atom is 0.189 e. The number of nitrogens with zero attached hydrogens (tertiary/aromatic N) is 1. The van der Waals surface area contributed by atoms with Crippen molar-refractivity contribution < 1.29 is 17.2 Å². The zero-order chi connectivity index (χ0) is 19.9. The number of pyridine rings is 1. The number of H-pyrrole nitrogens is 1. The van der Waals surface area contributed by atoms with Gasteiger partial charge < -0.3 is 4.98 Å². The normalized spacial score (nSPS) is 13.0. The zero-order valence-corrected chi connectivity index (χ0v) is 15.7. The number of sulfone groups is 1. The van der Waals surface area contributed by atoms with E-state index in [1.807, 2.05) is 6.92 Å². The molecule has 1 atom stereocenters. The van der Waals surface area contributed by atoms with Gasteiger partial charge in [-0.25, -0.2) is 22.2 Å². The van der Waals surface area contributed by atoms with E-state index < -0.39 is 26.7 Å². The Kier molecular flexibility index (Phi) is 4.47. The summed E-state index contributed by atoms with van der Waals surface area (Å²) in [7, 11) is -4.03. The fraction of sp³-hybridized carbons (Fsp3) is 0.0952. The Morgan fingerprint density at radius 2 is 1.75 bits per heavy atom. The van der Waals surface area contributed by atoms with Crippen LogP contribution in [0.1, 0.15) is 21.9 Å². The van der Waals surface area contributed by atoms with E-state index in [0.29, 0.717) is 22.7 Å². The summed E-state index contributed by atoms with van der Waals surface area (Å²) >= 11 is 0. The summed E-state index contributed by atoms with van der Waals surface area (Å²) in [4.78, 5) is 7.17. The Morgan fingerprint density at radius 1 is 1.00 bits per heavy atom. The van der Waals surface area contributed by atoms with Crippen molar-refractivity contribution in [3.63, 3.8) is 0 Å². The predicted octanol–water partition coefficient (Wildman–Crippen LogP) is 4.71. The number of hydrogen-bond acceptors (Lipinski definition) is 3. The molecule has 0 saturated carbocycles. The summed E-state index contributed by atoms with van der Waals surface area (Å²) in [6.45, 7) is 1.85. The lowest BCUT2D eigenvalue weighted by Crippen LogP contribution is -2.16. The van der Waals surface area contributed by atoms with Crippen molar-refractivity contribution >= 4 is 20.9 Å². The number of nitrogens with one attached hydrogen (secondary N) is 1. The minimum absolute atomic E-state index is 0.0602. The first-order valence-corrected chi connectivity index (χ1v) is 10.1. The van der Waals surface area contributed by atoms with Crippen LogP contribution in [0.25, 0.3) is 11.0 Å². The minimum Gasteiger partial charge on any atom is -0.346 e. The molecular formula is C21H16F2N2O2S. The van der Waals surface area contributed by atoms with Crippen LogP contribution in [-0.2, 0) is 9.84 Å². The zero-order valence-electron chi connectivity index (χ0n) is 14.9. The van der Waals surface area contributed by atoms with Crippen molar-refractivity contribution in [1.82, 2.24) is 9.97 Å². The first kappa shape index (κ1) is 18.3. The maximum absolute atomic E-state index is 14.7. The van der Waals surface area contributed by atoms with Crippen LogP contribution in [0.5, 0.6) is 0 Å². The van der Waals surface area contributed by atoms with Gasteiger partial charge in [0.25, 0.3) is 0 Å². The van der Waals surface area contributed by atoms with E-state index in [-0.39, 0.29) is 10.5 Å². The molecule has 4 nitrogen and oxygen atoms in total. The Labute approximate surface area is 160 Å². The lowest BCUT2D eigenvalue weighted by Gasteiger charge is -2.19. The molecule has 7 heteroatoms. The smallest absolute Gasteiger partial charge is 0.189 e. The molecule has 4 aromatic rings. The van der Waals surface area contributed by atoms with Gasteiger partial charge >= 0.3 is 0 Å². The average Bonchev–Trinajstić information content (AvgIpc) is 3.08. The molecule has 0 aliphatic rings. The van der Waals surface area contributed by atoms with Crippen molar-refractivity contribution in [2.45, 2.75) is 17.1 Å². The predicted molar refractivity (Wildman–Crippen MR) is 103 cm³/mol. The van der Waals surface area contributed by atoms with Crippen LogP contribution in [0.2, 0.25) is 0 Å². The van der Waals surface area contributed by atoms with Crippen molar-refractivity contribution in [3.8, 4) is 0 Å². The van der Waals surface area contributed by atoms with Gasteiger partial charge in [-0.2, -0.15) is 0 Å². The number of halogens is 2.